The van der Waals surface area contributed by atoms with Crippen molar-refractivity contribution in [2.75, 3.05) is 13.2 Å². The van der Waals surface area contributed by atoms with Crippen LogP contribution in [-0.4, -0.2) is 29.2 Å². The van der Waals surface area contributed by atoms with Crippen LogP contribution in [0.3, 0.4) is 0 Å². The molecule has 0 amide bonds. The van der Waals surface area contributed by atoms with Crippen molar-refractivity contribution in [1.29, 1.82) is 0 Å². The third kappa shape index (κ3) is 25.6. The number of hydrogen-bond donors (Lipinski definition) is 2. The maximum Gasteiger partial charge on any atom is 0.129 e. The fourth-order valence-corrected chi connectivity index (χ4v) is 0.352. The number of hydrogen-bond acceptors (Lipinski definition) is 3. The van der Waals surface area contributed by atoms with Crippen LogP contribution in [-0.2, 0) is 4.79 Å². The molecule has 0 aliphatic rings. The van der Waals surface area contributed by atoms with Gasteiger partial charge in [0.25, 0.3) is 0 Å². The number of aliphatic hydroxyl groups excluding tert-OH is 2. The highest BCUT2D eigenvalue weighted by Crippen LogP contribution is 1.84. The topological polar surface area (TPSA) is 57.5 Å². The fraction of sp³-hybridized carbons (Fsp3) is 0.857. The Hall–Kier alpha value is -0.410. The van der Waals surface area contributed by atoms with Crippen molar-refractivity contribution < 1.29 is 15.0 Å². The largest absolute Gasteiger partial charge is 0.394 e. The molecule has 0 spiro atoms. The van der Waals surface area contributed by atoms with Crippen LogP contribution >= 0.6 is 0 Å². The summed E-state index contributed by atoms with van der Waals surface area (Å²) in [6.07, 6.45) is 1.72. The molecule has 0 aromatic carbocycles. The Kier molecular flexibility index (Phi) is 14.0. The first kappa shape index (κ1) is 12.3. The quantitative estimate of drug-likeness (QED) is 0.607. The Labute approximate surface area is 61.7 Å². The fourth-order valence-electron chi connectivity index (χ4n) is 0.352. The van der Waals surface area contributed by atoms with Gasteiger partial charge in [-0.15, -0.1) is 0 Å². The molecule has 0 atom stereocenters. The van der Waals surface area contributed by atoms with Gasteiger partial charge in [0, 0.05) is 6.42 Å². The van der Waals surface area contributed by atoms with Gasteiger partial charge in [0.2, 0.25) is 0 Å². The van der Waals surface area contributed by atoms with E-state index in [9.17, 15) is 4.79 Å². The van der Waals surface area contributed by atoms with Crippen LogP contribution < -0.4 is 0 Å². The van der Waals surface area contributed by atoms with Crippen LogP contribution in [0, 0.1) is 0 Å². The van der Waals surface area contributed by atoms with E-state index >= 15 is 0 Å². The van der Waals surface area contributed by atoms with Crippen molar-refractivity contribution in [3.8, 4) is 0 Å². The molecule has 0 aliphatic carbocycles. The number of Topliss-reactive ketones (excluding diaryl/α,β-unsaturated/α-hetero) is 1. The summed E-state index contributed by atoms with van der Waals surface area (Å²) in [5.74, 6) is 0.289. The Balaban J connectivity index is 0. The van der Waals surface area contributed by atoms with E-state index in [0.29, 0.717) is 0 Å². The first-order valence-corrected chi connectivity index (χ1v) is 3.40. The molecule has 3 nitrogen and oxygen atoms in total. The third-order valence-electron chi connectivity index (χ3n) is 0.702. The summed E-state index contributed by atoms with van der Waals surface area (Å²) >= 11 is 0. The minimum Gasteiger partial charge on any atom is -0.394 e. The van der Waals surface area contributed by atoms with Gasteiger partial charge >= 0.3 is 0 Å². The second-order valence-electron chi connectivity index (χ2n) is 1.90. The molecule has 10 heavy (non-hydrogen) atoms. The molecular formula is C7H16O3. The molecule has 0 aromatic heterocycles. The van der Waals surface area contributed by atoms with Gasteiger partial charge in [0.05, 0.1) is 13.2 Å². The SMILES string of the molecule is CCCC(C)=O.OCCO. The van der Waals surface area contributed by atoms with E-state index in [4.69, 9.17) is 10.2 Å². The summed E-state index contributed by atoms with van der Waals surface area (Å²) in [4.78, 5) is 10.0. The first-order valence-electron chi connectivity index (χ1n) is 3.40. The van der Waals surface area contributed by atoms with Crippen molar-refractivity contribution in [3.05, 3.63) is 0 Å². The smallest absolute Gasteiger partial charge is 0.129 e. The van der Waals surface area contributed by atoms with Gasteiger partial charge in [-0.05, 0) is 13.3 Å². The van der Waals surface area contributed by atoms with Crippen LogP contribution in [0.5, 0.6) is 0 Å². The third-order valence-corrected chi connectivity index (χ3v) is 0.702. The predicted octanol–water partition coefficient (Wildman–Crippen LogP) is 0.347. The molecule has 0 rings (SSSR count). The summed E-state index contributed by atoms with van der Waals surface area (Å²) in [5, 5.41) is 15.2. The number of carbonyl (C=O) groups excluding carboxylic acids is 1. The molecule has 2 N–H and O–H groups in total. The summed E-state index contributed by atoms with van der Waals surface area (Å²) in [6, 6.07) is 0. The van der Waals surface area contributed by atoms with Gasteiger partial charge in [0.15, 0.2) is 0 Å². The normalized spacial score (nSPS) is 8.00. The van der Waals surface area contributed by atoms with Gasteiger partial charge in [-0.1, -0.05) is 6.92 Å². The lowest BCUT2D eigenvalue weighted by atomic mass is 10.3. The molecule has 0 bridgehead atoms. The number of ketones is 1. The van der Waals surface area contributed by atoms with E-state index in [2.05, 4.69) is 0 Å². The first-order chi connectivity index (χ1) is 4.68. The minimum atomic E-state index is -0.125. The molecule has 0 saturated heterocycles. The molecule has 3 heteroatoms. The lowest BCUT2D eigenvalue weighted by molar-refractivity contribution is -0.117. The lowest BCUT2D eigenvalue weighted by Crippen LogP contribution is -1.85. The highest BCUT2D eigenvalue weighted by atomic mass is 16.3. The van der Waals surface area contributed by atoms with Gasteiger partial charge in [0.1, 0.15) is 5.78 Å². The van der Waals surface area contributed by atoms with Crippen molar-refractivity contribution >= 4 is 5.78 Å². The Morgan fingerprint density at radius 3 is 1.70 bits per heavy atom. The van der Waals surface area contributed by atoms with Crippen LogP contribution in [0.4, 0.5) is 0 Å². The minimum absolute atomic E-state index is 0.125. The lowest BCUT2D eigenvalue weighted by Gasteiger charge is -1.80. The summed E-state index contributed by atoms with van der Waals surface area (Å²) in [7, 11) is 0. The highest BCUT2D eigenvalue weighted by molar-refractivity contribution is 5.75. The zero-order valence-corrected chi connectivity index (χ0v) is 6.63. The molecule has 0 radical (unpaired) electrons. The summed E-state index contributed by atoms with van der Waals surface area (Å²) in [6.45, 7) is 3.37. The molecule has 0 fully saturated rings. The average Bonchev–Trinajstić information content (AvgIpc) is 1.89. The van der Waals surface area contributed by atoms with Crippen molar-refractivity contribution in [1.82, 2.24) is 0 Å². The molecule has 0 aromatic rings. The van der Waals surface area contributed by atoms with Gasteiger partial charge in [-0.25, -0.2) is 0 Å². The molecule has 0 aliphatic heterocycles. The molecule has 0 unspecified atom stereocenters. The van der Waals surface area contributed by atoms with Crippen molar-refractivity contribution in [2.24, 2.45) is 0 Å². The van der Waals surface area contributed by atoms with E-state index in [1.165, 1.54) is 0 Å². The maximum absolute atomic E-state index is 10.0. The molecular weight excluding hydrogens is 132 g/mol. The van der Waals surface area contributed by atoms with Crippen LogP contribution in [0.15, 0.2) is 0 Å². The summed E-state index contributed by atoms with van der Waals surface area (Å²) in [5.41, 5.74) is 0. The van der Waals surface area contributed by atoms with E-state index in [1.54, 1.807) is 6.92 Å². The Bertz CT molecular complexity index is 69.3. The second-order valence-corrected chi connectivity index (χ2v) is 1.90. The highest BCUT2D eigenvalue weighted by Gasteiger charge is 1.83. The van der Waals surface area contributed by atoms with Crippen molar-refractivity contribution in [2.45, 2.75) is 26.7 Å². The van der Waals surface area contributed by atoms with Gasteiger partial charge < -0.3 is 15.0 Å². The number of carbonyl (C=O) groups is 1. The predicted molar refractivity (Wildman–Crippen MR) is 39.8 cm³/mol. The second kappa shape index (κ2) is 11.4. The Morgan fingerprint density at radius 2 is 1.70 bits per heavy atom. The number of aliphatic hydroxyl groups is 2. The standard InChI is InChI=1S/C5H10O.C2H6O2/c1-3-4-5(2)6;3-1-2-4/h3-4H2,1-2H3;3-4H,1-2H2. The van der Waals surface area contributed by atoms with Gasteiger partial charge in [-0.3, -0.25) is 0 Å². The van der Waals surface area contributed by atoms with Crippen molar-refractivity contribution in [3.63, 3.8) is 0 Å². The van der Waals surface area contributed by atoms with E-state index in [0.717, 1.165) is 12.8 Å². The Morgan fingerprint density at radius 1 is 1.30 bits per heavy atom. The van der Waals surface area contributed by atoms with E-state index in [1.807, 2.05) is 6.92 Å². The van der Waals surface area contributed by atoms with Crippen LogP contribution in [0.2, 0.25) is 0 Å². The van der Waals surface area contributed by atoms with Gasteiger partial charge in [-0.2, -0.15) is 0 Å². The average molecular weight is 148 g/mol. The number of rotatable bonds is 3. The molecule has 0 heterocycles. The molecule has 62 valence electrons. The molecule has 0 saturated carbocycles. The summed E-state index contributed by atoms with van der Waals surface area (Å²) < 4.78 is 0. The van der Waals surface area contributed by atoms with E-state index < -0.39 is 0 Å². The van der Waals surface area contributed by atoms with E-state index in [-0.39, 0.29) is 19.0 Å². The van der Waals surface area contributed by atoms with Crippen LogP contribution in [0.25, 0.3) is 0 Å². The monoisotopic (exact) mass is 148 g/mol. The zero-order valence-electron chi connectivity index (χ0n) is 6.63. The van der Waals surface area contributed by atoms with Crippen LogP contribution in [0.1, 0.15) is 26.7 Å². The maximum atomic E-state index is 10.0. The zero-order chi connectivity index (χ0) is 8.41.